The van der Waals surface area contributed by atoms with E-state index in [9.17, 15) is 32.7 Å². The molecule has 0 aliphatic carbocycles. The Kier molecular flexibility index (Phi) is 9.77. The van der Waals surface area contributed by atoms with Crippen LogP contribution < -0.4 is 5.32 Å². The van der Waals surface area contributed by atoms with Crippen molar-refractivity contribution in [2.75, 3.05) is 11.9 Å². The Morgan fingerprint density at radius 1 is 1.05 bits per heavy atom. The summed E-state index contributed by atoms with van der Waals surface area (Å²) in [7, 11) is 0. The summed E-state index contributed by atoms with van der Waals surface area (Å²) < 4.78 is 41.7. The van der Waals surface area contributed by atoms with Crippen molar-refractivity contribution in [3.8, 4) is 5.75 Å². The minimum atomic E-state index is -4.31. The molecule has 1 unspecified atom stereocenters. The maximum Gasteiger partial charge on any atom is 0.410 e. The summed E-state index contributed by atoms with van der Waals surface area (Å²) in [4.78, 5) is 32.8. The van der Waals surface area contributed by atoms with Gasteiger partial charge in [-0.15, -0.1) is 0 Å². The van der Waals surface area contributed by atoms with Gasteiger partial charge < -0.3 is 30.8 Å². The lowest BCUT2D eigenvalue weighted by molar-refractivity contribution is -0.173. The van der Waals surface area contributed by atoms with Crippen LogP contribution in [0.3, 0.4) is 0 Å². The van der Waals surface area contributed by atoms with Crippen LogP contribution in [0, 0.1) is 13.8 Å². The van der Waals surface area contributed by atoms with E-state index in [2.05, 4.69) is 15.3 Å². The van der Waals surface area contributed by atoms with Crippen molar-refractivity contribution in [1.82, 2.24) is 14.7 Å². The number of carboxylic acid groups (broad SMARTS) is 3. The number of fused-ring (bicyclic) bond motifs is 1. The number of alkyl halides is 3. The van der Waals surface area contributed by atoms with Crippen molar-refractivity contribution in [2.45, 2.75) is 89.3 Å². The van der Waals surface area contributed by atoms with Gasteiger partial charge in [0.2, 0.25) is 0 Å². The predicted molar refractivity (Wildman–Crippen MR) is 142 cm³/mol. The fraction of sp³-hybridized carbons (Fsp3) is 0.556. The van der Waals surface area contributed by atoms with Crippen LogP contribution >= 0.6 is 0 Å². The number of carboxylic acids is 3. The Balaban J connectivity index is 0.000000316. The normalized spacial score (nSPS) is 20.7. The van der Waals surface area contributed by atoms with E-state index in [0.29, 0.717) is 23.8 Å². The molecule has 232 valence electrons. The number of aliphatic hydroxyl groups is 1. The zero-order valence-corrected chi connectivity index (χ0v) is 23.4. The van der Waals surface area contributed by atoms with E-state index < -0.39 is 48.6 Å². The van der Waals surface area contributed by atoms with E-state index in [1.165, 1.54) is 0 Å². The molecule has 42 heavy (non-hydrogen) atoms. The monoisotopic (exact) mass is 600 g/mol. The van der Waals surface area contributed by atoms with Gasteiger partial charge in [-0.25, -0.2) is 9.48 Å². The second-order valence-corrected chi connectivity index (χ2v) is 10.9. The van der Waals surface area contributed by atoms with E-state index >= 15 is 0 Å². The van der Waals surface area contributed by atoms with E-state index in [-0.39, 0.29) is 18.5 Å². The number of aromatic hydroxyl groups is 1. The molecule has 6 N–H and O–H groups in total. The molecular weight excluding hydrogens is 565 g/mol. The molecule has 2 aliphatic rings. The van der Waals surface area contributed by atoms with E-state index in [0.717, 1.165) is 40.8 Å². The second-order valence-electron chi connectivity index (χ2n) is 10.9. The van der Waals surface area contributed by atoms with Crippen molar-refractivity contribution < 1.29 is 53.1 Å². The lowest BCUT2D eigenvalue weighted by atomic mass is 9.96. The number of anilines is 1. The first-order chi connectivity index (χ1) is 19.4. The average molecular weight is 601 g/mol. The van der Waals surface area contributed by atoms with Gasteiger partial charge in [-0.2, -0.15) is 18.3 Å². The number of phenolic OH excluding ortho intramolecular Hbond substituents is 1. The fourth-order valence-corrected chi connectivity index (χ4v) is 5.38. The van der Waals surface area contributed by atoms with Gasteiger partial charge in [-0.05, 0) is 63.3 Å². The predicted octanol–water partition coefficient (Wildman–Crippen LogP) is 3.60. The molecule has 1 saturated heterocycles. The van der Waals surface area contributed by atoms with Crippen molar-refractivity contribution >= 4 is 23.7 Å². The molecule has 12 nitrogen and oxygen atoms in total. The summed E-state index contributed by atoms with van der Waals surface area (Å²) >= 11 is 0. The lowest BCUT2D eigenvalue weighted by Crippen LogP contribution is -2.42. The first kappa shape index (κ1) is 32.7. The number of aryl methyl sites for hydroxylation is 2. The number of likely N-dealkylation sites (tertiary alicyclic amines) is 1. The highest BCUT2D eigenvalue weighted by Crippen LogP contribution is 2.42. The molecule has 3 heterocycles. The Morgan fingerprint density at radius 3 is 2.12 bits per heavy atom. The number of halogens is 3. The molecule has 1 aromatic carbocycles. The van der Waals surface area contributed by atoms with Gasteiger partial charge in [-0.1, -0.05) is 12.1 Å². The van der Waals surface area contributed by atoms with Crippen LogP contribution in [0.1, 0.15) is 73.5 Å². The van der Waals surface area contributed by atoms with Gasteiger partial charge in [0.1, 0.15) is 11.6 Å². The summed E-state index contributed by atoms with van der Waals surface area (Å²) in [5.41, 5.74) is 0.713. The highest BCUT2D eigenvalue weighted by atomic mass is 19.4. The number of rotatable bonds is 8. The molecule has 0 saturated carbocycles. The van der Waals surface area contributed by atoms with Gasteiger partial charge in [0.05, 0.1) is 24.6 Å². The summed E-state index contributed by atoms with van der Waals surface area (Å²) in [6.07, 6.45) is -4.76. The molecular formula is C27H35F3N4O8. The first-order valence-electron chi connectivity index (χ1n) is 13.3. The number of benzene rings is 1. The number of hydrogen-bond acceptors (Lipinski definition) is 8. The highest BCUT2D eigenvalue weighted by Gasteiger charge is 2.46. The molecule has 0 bridgehead atoms. The number of nitrogens with one attached hydrogen (secondary N) is 1. The maximum absolute atomic E-state index is 13.5. The Labute approximate surface area is 239 Å². The lowest BCUT2D eigenvalue weighted by Gasteiger charge is -2.31. The SMILES string of the molecule is Cc1cc(CN2CCCC2c2cc3n(n2)[C@@H](C(F)(F)F)C[C@@H](C)N3)cc(C)c1O.O=C(O)CC(O)(CC(=O)O)C(=O)O. The summed E-state index contributed by atoms with van der Waals surface area (Å²) in [5.74, 6) is -4.26. The zero-order chi connectivity index (χ0) is 31.6. The third kappa shape index (κ3) is 7.70. The van der Waals surface area contributed by atoms with Gasteiger partial charge in [0.25, 0.3) is 0 Å². The second kappa shape index (κ2) is 12.6. The van der Waals surface area contributed by atoms with Crippen LogP contribution in [0.15, 0.2) is 18.2 Å². The number of aliphatic carboxylic acids is 3. The smallest absolute Gasteiger partial charge is 0.410 e. The Morgan fingerprint density at radius 2 is 1.62 bits per heavy atom. The quantitative estimate of drug-likeness (QED) is 0.260. The molecule has 4 rings (SSSR count). The molecule has 0 amide bonds. The molecule has 2 aromatic rings. The zero-order valence-electron chi connectivity index (χ0n) is 23.4. The number of phenols is 1. The fourth-order valence-electron chi connectivity index (χ4n) is 5.38. The van der Waals surface area contributed by atoms with E-state index in [4.69, 9.17) is 20.4 Å². The van der Waals surface area contributed by atoms with Gasteiger partial charge in [-0.3, -0.25) is 14.5 Å². The summed E-state index contributed by atoms with van der Waals surface area (Å²) in [6, 6.07) is 3.89. The Bertz CT molecular complexity index is 1290. The minimum absolute atomic E-state index is 0.00601. The topological polar surface area (TPSA) is 185 Å². The van der Waals surface area contributed by atoms with Crippen molar-refractivity contribution in [3.63, 3.8) is 0 Å². The van der Waals surface area contributed by atoms with E-state index in [1.807, 2.05) is 26.0 Å². The van der Waals surface area contributed by atoms with Gasteiger partial charge in [0.15, 0.2) is 11.6 Å². The van der Waals surface area contributed by atoms with Crippen LogP contribution in [-0.4, -0.2) is 82.5 Å². The van der Waals surface area contributed by atoms with Crippen LogP contribution in [0.5, 0.6) is 5.75 Å². The summed E-state index contributed by atoms with van der Waals surface area (Å²) in [5, 5.41) is 51.4. The molecule has 0 radical (unpaired) electrons. The molecule has 15 heteroatoms. The van der Waals surface area contributed by atoms with Crippen molar-refractivity contribution in [1.29, 1.82) is 0 Å². The summed E-state index contributed by atoms with van der Waals surface area (Å²) in [6.45, 7) is 7.08. The van der Waals surface area contributed by atoms with Crippen molar-refractivity contribution in [3.05, 3.63) is 40.6 Å². The van der Waals surface area contributed by atoms with Crippen LogP contribution in [0.25, 0.3) is 0 Å². The average Bonchev–Trinajstić information content (AvgIpc) is 3.47. The minimum Gasteiger partial charge on any atom is -0.507 e. The Hall–Kier alpha value is -3.85. The van der Waals surface area contributed by atoms with E-state index in [1.54, 1.807) is 13.0 Å². The van der Waals surface area contributed by atoms with Crippen LogP contribution in [0.2, 0.25) is 0 Å². The molecule has 3 atom stereocenters. The number of aromatic nitrogens is 2. The molecule has 1 aromatic heterocycles. The number of carbonyl (C=O) groups is 3. The molecule has 1 fully saturated rings. The largest absolute Gasteiger partial charge is 0.507 e. The first-order valence-corrected chi connectivity index (χ1v) is 13.3. The standard InChI is InChI=1S/C21H27F3N4O.C6H8O7/c1-12-7-15(8-13(2)20(12)29)11-27-6-4-5-17(27)16-10-19-25-14(3)9-18(21(22,23)24)28(19)26-16;7-3(8)1-6(13,5(11)12)2-4(9)10/h7-8,10,14,17-18,25,29H,4-6,9,11H2,1-3H3;13H,1-2H2,(H,7,8)(H,9,10)(H,11,12)/t14-,17?,18-;/m1./s1. The van der Waals surface area contributed by atoms with Crippen LogP contribution in [0.4, 0.5) is 19.0 Å². The maximum atomic E-state index is 13.5. The van der Waals surface area contributed by atoms with Gasteiger partial charge >= 0.3 is 24.1 Å². The van der Waals surface area contributed by atoms with Gasteiger partial charge in [0, 0.05) is 18.7 Å². The third-order valence-corrected chi connectivity index (χ3v) is 7.33. The molecule has 0 spiro atoms. The van der Waals surface area contributed by atoms with Crippen LogP contribution in [-0.2, 0) is 20.9 Å². The highest BCUT2D eigenvalue weighted by molar-refractivity contribution is 5.88. The number of hydrogen-bond donors (Lipinski definition) is 6. The number of nitrogens with zero attached hydrogens (tertiary/aromatic N) is 3. The third-order valence-electron chi connectivity index (χ3n) is 7.33. The molecule has 2 aliphatic heterocycles. The van der Waals surface area contributed by atoms with Crippen molar-refractivity contribution in [2.24, 2.45) is 0 Å².